The number of para-hydroxylation sites is 1. The zero-order valence-corrected chi connectivity index (χ0v) is 13.3. The molecule has 0 aliphatic heterocycles. The lowest BCUT2D eigenvalue weighted by molar-refractivity contribution is -0.149. The lowest BCUT2D eigenvalue weighted by atomic mass is 10.1. The molecule has 1 unspecified atom stereocenters. The van der Waals surface area contributed by atoms with Crippen molar-refractivity contribution in [3.8, 4) is 17.1 Å². The van der Waals surface area contributed by atoms with Crippen molar-refractivity contribution >= 4 is 11.9 Å². The molecule has 2 aromatic rings. The Labute approximate surface area is 137 Å². The Morgan fingerprint density at radius 2 is 2.08 bits per heavy atom. The second-order valence-corrected chi connectivity index (χ2v) is 5.74. The summed E-state index contributed by atoms with van der Waals surface area (Å²) in [6, 6.07) is 6.63. The van der Waals surface area contributed by atoms with Crippen LogP contribution in [0.4, 0.5) is 0 Å². The van der Waals surface area contributed by atoms with Gasteiger partial charge in [-0.2, -0.15) is 4.98 Å². The van der Waals surface area contributed by atoms with E-state index in [9.17, 15) is 9.59 Å². The number of aromatic nitrogens is 2. The molecule has 1 aliphatic carbocycles. The van der Waals surface area contributed by atoms with Crippen LogP contribution in [-0.2, 0) is 9.59 Å². The van der Waals surface area contributed by atoms with E-state index in [2.05, 4.69) is 15.5 Å². The Bertz CT molecular complexity index is 782. The SMILES string of the molecule is COc1ccccc1-c1noc(C(C)NC(=O)C2(C(=O)O)CC2)n1. The molecule has 0 radical (unpaired) electrons. The predicted molar refractivity (Wildman–Crippen MR) is 82.1 cm³/mol. The van der Waals surface area contributed by atoms with Gasteiger partial charge in [0.05, 0.1) is 12.7 Å². The van der Waals surface area contributed by atoms with Gasteiger partial charge in [0.2, 0.25) is 17.6 Å². The molecule has 1 atom stereocenters. The molecule has 8 heteroatoms. The summed E-state index contributed by atoms with van der Waals surface area (Å²) in [5.74, 6) is -0.496. The average Bonchev–Trinajstić information content (AvgIpc) is 3.26. The van der Waals surface area contributed by atoms with Gasteiger partial charge in [-0.1, -0.05) is 17.3 Å². The van der Waals surface area contributed by atoms with E-state index >= 15 is 0 Å². The van der Waals surface area contributed by atoms with E-state index < -0.39 is 23.3 Å². The van der Waals surface area contributed by atoms with Gasteiger partial charge in [0, 0.05) is 0 Å². The molecule has 1 amide bonds. The van der Waals surface area contributed by atoms with Crippen LogP contribution in [0.5, 0.6) is 5.75 Å². The summed E-state index contributed by atoms with van der Waals surface area (Å²) in [5, 5.41) is 15.7. The fourth-order valence-electron chi connectivity index (χ4n) is 2.41. The van der Waals surface area contributed by atoms with E-state index in [1.54, 1.807) is 26.2 Å². The van der Waals surface area contributed by atoms with Gasteiger partial charge in [-0.15, -0.1) is 0 Å². The fourth-order valence-corrected chi connectivity index (χ4v) is 2.41. The van der Waals surface area contributed by atoms with Crippen LogP contribution in [0.15, 0.2) is 28.8 Å². The second kappa shape index (κ2) is 5.95. The highest BCUT2D eigenvalue weighted by Gasteiger charge is 2.57. The molecule has 1 aromatic heterocycles. The van der Waals surface area contributed by atoms with Crippen molar-refractivity contribution in [3.05, 3.63) is 30.2 Å². The third kappa shape index (κ3) is 2.70. The van der Waals surface area contributed by atoms with Crippen molar-refractivity contribution in [1.82, 2.24) is 15.5 Å². The number of nitrogens with one attached hydrogen (secondary N) is 1. The van der Waals surface area contributed by atoms with Crippen LogP contribution in [0.3, 0.4) is 0 Å². The minimum absolute atomic E-state index is 0.199. The van der Waals surface area contributed by atoms with E-state index in [1.807, 2.05) is 12.1 Å². The van der Waals surface area contributed by atoms with Gasteiger partial charge in [0.25, 0.3) is 0 Å². The number of amides is 1. The summed E-state index contributed by atoms with van der Waals surface area (Å²) in [4.78, 5) is 27.6. The number of nitrogens with zero attached hydrogens (tertiary/aromatic N) is 2. The normalized spacial score (nSPS) is 16.2. The molecule has 0 saturated heterocycles. The monoisotopic (exact) mass is 331 g/mol. The van der Waals surface area contributed by atoms with Crippen LogP contribution in [0, 0.1) is 5.41 Å². The summed E-state index contributed by atoms with van der Waals surface area (Å²) >= 11 is 0. The van der Waals surface area contributed by atoms with Crippen LogP contribution in [-0.4, -0.2) is 34.2 Å². The lowest BCUT2D eigenvalue weighted by Crippen LogP contribution is -2.38. The van der Waals surface area contributed by atoms with Crippen LogP contribution in [0.25, 0.3) is 11.4 Å². The van der Waals surface area contributed by atoms with Crippen molar-refractivity contribution in [3.63, 3.8) is 0 Å². The van der Waals surface area contributed by atoms with Gasteiger partial charge in [0.15, 0.2) is 0 Å². The number of carbonyl (C=O) groups excluding carboxylic acids is 1. The molecule has 1 fully saturated rings. The molecule has 1 aliphatic rings. The molecule has 3 rings (SSSR count). The standard InChI is InChI=1S/C16H17N3O5/c1-9(17-14(20)16(7-8-16)15(21)22)13-18-12(19-24-13)10-5-3-4-6-11(10)23-2/h3-6,9H,7-8H2,1-2H3,(H,17,20)(H,21,22). The Balaban J connectivity index is 1.76. The molecule has 0 bridgehead atoms. The molecule has 1 saturated carbocycles. The van der Waals surface area contributed by atoms with Gasteiger partial charge >= 0.3 is 5.97 Å². The topological polar surface area (TPSA) is 115 Å². The van der Waals surface area contributed by atoms with Crippen LogP contribution >= 0.6 is 0 Å². The lowest BCUT2D eigenvalue weighted by Gasteiger charge is -2.13. The van der Waals surface area contributed by atoms with Gasteiger partial charge in [0.1, 0.15) is 17.2 Å². The molecule has 1 heterocycles. The first-order chi connectivity index (χ1) is 11.5. The second-order valence-electron chi connectivity index (χ2n) is 5.74. The number of carbonyl (C=O) groups is 2. The Kier molecular flexibility index (Phi) is 3.96. The van der Waals surface area contributed by atoms with Crippen LogP contribution in [0.1, 0.15) is 31.7 Å². The maximum absolute atomic E-state index is 12.1. The first-order valence-electron chi connectivity index (χ1n) is 7.49. The van der Waals surface area contributed by atoms with E-state index in [-0.39, 0.29) is 5.89 Å². The number of benzene rings is 1. The number of ether oxygens (including phenoxy) is 1. The maximum atomic E-state index is 12.1. The zero-order valence-electron chi connectivity index (χ0n) is 13.3. The van der Waals surface area contributed by atoms with E-state index in [0.29, 0.717) is 30.0 Å². The summed E-state index contributed by atoms with van der Waals surface area (Å²) in [6.45, 7) is 1.66. The number of carboxylic acids is 1. The van der Waals surface area contributed by atoms with Gasteiger partial charge in [-0.3, -0.25) is 9.59 Å². The largest absolute Gasteiger partial charge is 0.496 e. The third-order valence-corrected chi connectivity index (χ3v) is 4.10. The van der Waals surface area contributed by atoms with Crippen molar-refractivity contribution in [2.45, 2.75) is 25.8 Å². The Morgan fingerprint density at radius 3 is 2.71 bits per heavy atom. The minimum atomic E-state index is -1.31. The first-order valence-corrected chi connectivity index (χ1v) is 7.49. The van der Waals surface area contributed by atoms with Crippen molar-refractivity contribution in [1.29, 1.82) is 0 Å². The van der Waals surface area contributed by atoms with E-state index in [0.717, 1.165) is 0 Å². The fraction of sp³-hybridized carbons (Fsp3) is 0.375. The molecule has 126 valence electrons. The van der Waals surface area contributed by atoms with E-state index in [1.165, 1.54) is 0 Å². The van der Waals surface area contributed by atoms with Gasteiger partial charge in [-0.05, 0) is 31.9 Å². The number of hydrogen-bond acceptors (Lipinski definition) is 6. The van der Waals surface area contributed by atoms with Gasteiger partial charge in [-0.25, -0.2) is 0 Å². The summed E-state index contributed by atoms with van der Waals surface area (Å²) < 4.78 is 10.5. The highest BCUT2D eigenvalue weighted by molar-refractivity contribution is 6.04. The number of aliphatic carboxylic acids is 1. The highest BCUT2D eigenvalue weighted by Crippen LogP contribution is 2.46. The van der Waals surface area contributed by atoms with Crippen molar-refractivity contribution in [2.24, 2.45) is 5.41 Å². The van der Waals surface area contributed by atoms with Crippen molar-refractivity contribution in [2.75, 3.05) is 7.11 Å². The molecular weight excluding hydrogens is 314 g/mol. The summed E-state index contributed by atoms with van der Waals surface area (Å²) in [6.07, 6.45) is 0.689. The number of carboxylic acid groups (broad SMARTS) is 1. The van der Waals surface area contributed by atoms with Gasteiger partial charge < -0.3 is 19.7 Å². The first kappa shape index (κ1) is 16.0. The van der Waals surface area contributed by atoms with Crippen LogP contribution < -0.4 is 10.1 Å². The molecule has 1 aromatic carbocycles. The number of hydrogen-bond donors (Lipinski definition) is 2. The molecular formula is C16H17N3O5. The smallest absolute Gasteiger partial charge is 0.319 e. The quantitative estimate of drug-likeness (QED) is 0.775. The molecule has 24 heavy (non-hydrogen) atoms. The zero-order chi connectivity index (χ0) is 17.3. The predicted octanol–water partition coefficient (Wildman–Crippen LogP) is 1.79. The van der Waals surface area contributed by atoms with Crippen LogP contribution in [0.2, 0.25) is 0 Å². The van der Waals surface area contributed by atoms with Crippen molar-refractivity contribution < 1.29 is 24.0 Å². The molecule has 0 spiro atoms. The van der Waals surface area contributed by atoms with E-state index in [4.69, 9.17) is 14.4 Å². The Morgan fingerprint density at radius 1 is 1.38 bits per heavy atom. The average molecular weight is 331 g/mol. The minimum Gasteiger partial charge on any atom is -0.496 e. The highest BCUT2D eigenvalue weighted by atomic mass is 16.5. The Hall–Kier alpha value is -2.90. The number of rotatable bonds is 6. The summed E-state index contributed by atoms with van der Waals surface area (Å²) in [7, 11) is 1.55. The molecule has 8 nitrogen and oxygen atoms in total. The molecule has 2 N–H and O–H groups in total. The number of methoxy groups -OCH3 is 1. The third-order valence-electron chi connectivity index (χ3n) is 4.10. The maximum Gasteiger partial charge on any atom is 0.319 e. The summed E-state index contributed by atoms with van der Waals surface area (Å²) in [5.41, 5.74) is -0.641.